The Morgan fingerprint density at radius 3 is 2.50 bits per heavy atom. The zero-order chi connectivity index (χ0) is 11.9. The van der Waals surface area contributed by atoms with Gasteiger partial charge in [-0.15, -0.1) is 0 Å². The Kier molecular flexibility index (Phi) is 2.70. The molecule has 1 aromatic rings. The average Bonchev–Trinajstić information content (AvgIpc) is 2.56. The van der Waals surface area contributed by atoms with Gasteiger partial charge in [-0.1, -0.05) is 13.0 Å². The van der Waals surface area contributed by atoms with Crippen LogP contribution < -0.4 is 0 Å². The van der Waals surface area contributed by atoms with Crippen molar-refractivity contribution in [3.63, 3.8) is 0 Å². The third-order valence-corrected chi connectivity index (χ3v) is 3.27. The van der Waals surface area contributed by atoms with Crippen LogP contribution in [0.2, 0.25) is 0 Å². The van der Waals surface area contributed by atoms with Crippen molar-refractivity contribution in [3.05, 3.63) is 35.1 Å². The van der Waals surface area contributed by atoms with Crippen molar-refractivity contribution in [1.82, 2.24) is 0 Å². The number of halogens is 3. The Morgan fingerprint density at radius 1 is 1.25 bits per heavy atom. The summed E-state index contributed by atoms with van der Waals surface area (Å²) in [4.78, 5) is 0. The summed E-state index contributed by atoms with van der Waals surface area (Å²) in [6.07, 6.45) is 1.53. The number of hydrogen-bond donors (Lipinski definition) is 1. The number of rotatable bonds is 1. The molecule has 1 aliphatic carbocycles. The van der Waals surface area contributed by atoms with Gasteiger partial charge in [0.25, 0.3) is 0 Å². The quantitative estimate of drug-likeness (QED) is 0.735. The molecule has 1 fully saturated rings. The highest BCUT2D eigenvalue weighted by atomic mass is 19.2. The molecule has 0 spiro atoms. The maximum absolute atomic E-state index is 13.5. The van der Waals surface area contributed by atoms with Crippen LogP contribution in [0.3, 0.4) is 0 Å². The first-order valence-electron chi connectivity index (χ1n) is 5.30. The van der Waals surface area contributed by atoms with Gasteiger partial charge in [-0.2, -0.15) is 0 Å². The standard InChI is InChI=1S/C12H13F3O/c1-7-4-5-12(16,6-7)8-2-3-9(13)11(15)10(8)14/h2-3,7,16H,4-6H2,1H3. The molecule has 0 bridgehead atoms. The smallest absolute Gasteiger partial charge is 0.194 e. The predicted octanol–water partition coefficient (Wildman–Crippen LogP) is 3.11. The van der Waals surface area contributed by atoms with Crippen molar-refractivity contribution < 1.29 is 18.3 Å². The molecule has 1 aliphatic rings. The van der Waals surface area contributed by atoms with Gasteiger partial charge in [-0.25, -0.2) is 13.2 Å². The van der Waals surface area contributed by atoms with Crippen molar-refractivity contribution in [2.75, 3.05) is 0 Å². The van der Waals surface area contributed by atoms with Crippen LogP contribution in [0.5, 0.6) is 0 Å². The van der Waals surface area contributed by atoms with Crippen molar-refractivity contribution >= 4 is 0 Å². The molecular weight excluding hydrogens is 217 g/mol. The fraction of sp³-hybridized carbons (Fsp3) is 0.500. The molecule has 0 aliphatic heterocycles. The first-order valence-corrected chi connectivity index (χ1v) is 5.30. The highest BCUT2D eigenvalue weighted by Gasteiger charge is 2.39. The Hall–Kier alpha value is -1.03. The van der Waals surface area contributed by atoms with Gasteiger partial charge < -0.3 is 5.11 Å². The van der Waals surface area contributed by atoms with Gasteiger partial charge in [0.05, 0.1) is 5.60 Å². The molecule has 2 rings (SSSR count). The second-order valence-electron chi connectivity index (χ2n) is 4.60. The normalized spacial score (nSPS) is 29.7. The lowest BCUT2D eigenvalue weighted by Crippen LogP contribution is -2.24. The van der Waals surface area contributed by atoms with Crippen LogP contribution in [0.25, 0.3) is 0 Å². The summed E-state index contributed by atoms with van der Waals surface area (Å²) in [7, 11) is 0. The van der Waals surface area contributed by atoms with Crippen LogP contribution in [0.15, 0.2) is 12.1 Å². The van der Waals surface area contributed by atoms with E-state index in [0.717, 1.165) is 18.6 Å². The van der Waals surface area contributed by atoms with E-state index in [1.165, 1.54) is 0 Å². The zero-order valence-electron chi connectivity index (χ0n) is 8.93. The van der Waals surface area contributed by atoms with Crippen LogP contribution in [0, 0.1) is 23.4 Å². The van der Waals surface area contributed by atoms with E-state index in [1.807, 2.05) is 6.92 Å². The highest BCUT2D eigenvalue weighted by Crippen LogP contribution is 2.43. The van der Waals surface area contributed by atoms with Crippen molar-refractivity contribution in [2.24, 2.45) is 5.92 Å². The summed E-state index contributed by atoms with van der Waals surface area (Å²) in [5.74, 6) is -3.74. The fourth-order valence-electron chi connectivity index (χ4n) is 2.40. The zero-order valence-corrected chi connectivity index (χ0v) is 8.93. The Labute approximate surface area is 91.9 Å². The molecule has 4 heteroatoms. The topological polar surface area (TPSA) is 20.2 Å². The molecular formula is C12H13F3O. The lowest BCUT2D eigenvalue weighted by Gasteiger charge is -2.23. The van der Waals surface area contributed by atoms with Crippen LogP contribution in [0.1, 0.15) is 31.7 Å². The molecule has 2 unspecified atom stereocenters. The lowest BCUT2D eigenvalue weighted by atomic mass is 9.90. The van der Waals surface area contributed by atoms with Crippen molar-refractivity contribution in [2.45, 2.75) is 31.8 Å². The van der Waals surface area contributed by atoms with Gasteiger partial charge in [0.2, 0.25) is 0 Å². The number of aliphatic hydroxyl groups is 1. The van der Waals surface area contributed by atoms with Crippen LogP contribution in [-0.2, 0) is 5.60 Å². The molecule has 16 heavy (non-hydrogen) atoms. The summed E-state index contributed by atoms with van der Waals surface area (Å²) in [5.41, 5.74) is -1.48. The van der Waals surface area contributed by atoms with E-state index >= 15 is 0 Å². The maximum atomic E-state index is 13.5. The van der Waals surface area contributed by atoms with E-state index in [9.17, 15) is 18.3 Å². The molecule has 1 nitrogen and oxygen atoms in total. The maximum Gasteiger partial charge on any atom is 0.194 e. The lowest BCUT2D eigenvalue weighted by molar-refractivity contribution is 0.0362. The van der Waals surface area contributed by atoms with Crippen LogP contribution in [-0.4, -0.2) is 5.11 Å². The third kappa shape index (κ3) is 1.71. The van der Waals surface area contributed by atoms with Crippen LogP contribution in [0.4, 0.5) is 13.2 Å². The summed E-state index contributed by atoms with van der Waals surface area (Å²) in [6, 6.07) is 1.99. The first-order chi connectivity index (χ1) is 7.44. The van der Waals surface area contributed by atoms with Crippen molar-refractivity contribution in [3.8, 4) is 0 Å². The number of hydrogen-bond acceptors (Lipinski definition) is 1. The molecule has 1 aromatic carbocycles. The average molecular weight is 230 g/mol. The van der Waals surface area contributed by atoms with Gasteiger partial charge in [0.15, 0.2) is 17.5 Å². The second kappa shape index (κ2) is 3.77. The summed E-state index contributed by atoms with van der Waals surface area (Å²) in [5, 5.41) is 10.2. The van der Waals surface area contributed by atoms with E-state index in [2.05, 4.69) is 0 Å². The largest absolute Gasteiger partial charge is 0.385 e. The minimum Gasteiger partial charge on any atom is -0.385 e. The van der Waals surface area contributed by atoms with Gasteiger partial charge in [0, 0.05) is 5.56 Å². The van der Waals surface area contributed by atoms with Gasteiger partial charge in [-0.3, -0.25) is 0 Å². The fourth-order valence-corrected chi connectivity index (χ4v) is 2.40. The van der Waals surface area contributed by atoms with E-state index < -0.39 is 23.1 Å². The molecule has 0 aromatic heterocycles. The van der Waals surface area contributed by atoms with Gasteiger partial charge in [-0.05, 0) is 31.2 Å². The molecule has 0 heterocycles. The van der Waals surface area contributed by atoms with E-state index in [4.69, 9.17) is 0 Å². The molecule has 0 saturated heterocycles. The molecule has 2 atom stereocenters. The Balaban J connectivity index is 2.45. The van der Waals surface area contributed by atoms with E-state index in [1.54, 1.807) is 0 Å². The highest BCUT2D eigenvalue weighted by molar-refractivity contribution is 5.27. The first kappa shape index (κ1) is 11.5. The SMILES string of the molecule is CC1CCC(O)(c2ccc(F)c(F)c2F)C1. The number of benzene rings is 1. The Morgan fingerprint density at radius 2 is 1.94 bits per heavy atom. The molecule has 88 valence electrons. The molecule has 0 radical (unpaired) electrons. The van der Waals surface area contributed by atoms with E-state index in [-0.39, 0.29) is 11.5 Å². The van der Waals surface area contributed by atoms with Crippen molar-refractivity contribution in [1.29, 1.82) is 0 Å². The molecule has 1 saturated carbocycles. The summed E-state index contributed by atoms with van der Waals surface area (Å²) < 4.78 is 39.3. The Bertz CT molecular complexity index is 419. The molecule has 1 N–H and O–H groups in total. The summed E-state index contributed by atoms with van der Waals surface area (Å²) >= 11 is 0. The van der Waals surface area contributed by atoms with E-state index in [0.29, 0.717) is 12.8 Å². The van der Waals surface area contributed by atoms with Gasteiger partial charge >= 0.3 is 0 Å². The third-order valence-electron chi connectivity index (χ3n) is 3.27. The minimum absolute atomic E-state index is 0.129. The van der Waals surface area contributed by atoms with Gasteiger partial charge in [0.1, 0.15) is 0 Å². The second-order valence-corrected chi connectivity index (χ2v) is 4.60. The minimum atomic E-state index is -1.51. The predicted molar refractivity (Wildman–Crippen MR) is 53.2 cm³/mol. The monoisotopic (exact) mass is 230 g/mol. The molecule has 0 amide bonds. The summed E-state index contributed by atoms with van der Waals surface area (Å²) in [6.45, 7) is 1.94. The van der Waals surface area contributed by atoms with Crippen LogP contribution >= 0.6 is 0 Å².